The van der Waals surface area contributed by atoms with Crippen LogP contribution in [0.25, 0.3) is 0 Å². The smallest absolute Gasteiger partial charge is 0.261 e. The molecule has 0 aliphatic carbocycles. The Morgan fingerprint density at radius 3 is 2.00 bits per heavy atom. The van der Waals surface area contributed by atoms with Crippen molar-refractivity contribution in [2.75, 3.05) is 5.34 Å². The van der Waals surface area contributed by atoms with Gasteiger partial charge in [-0.2, -0.15) is 13.2 Å². The van der Waals surface area contributed by atoms with Gasteiger partial charge in [-0.3, -0.25) is 4.99 Å². The van der Waals surface area contributed by atoms with Crippen molar-refractivity contribution < 1.29 is 13.2 Å². The first-order valence-corrected chi connectivity index (χ1v) is 5.84. The van der Waals surface area contributed by atoms with E-state index < -0.39 is 11.7 Å². The van der Waals surface area contributed by atoms with E-state index in [4.69, 9.17) is 23.2 Å². The molecule has 0 aromatic heterocycles. The summed E-state index contributed by atoms with van der Waals surface area (Å²) in [6, 6.07) is 4.77. The highest BCUT2D eigenvalue weighted by Crippen LogP contribution is 2.30. The predicted octanol–water partition coefficient (Wildman–Crippen LogP) is 5.24. The van der Waals surface area contributed by atoms with Crippen LogP contribution in [-0.4, -0.2) is 11.6 Å². The zero-order chi connectivity index (χ0) is 13.3. The van der Waals surface area contributed by atoms with Crippen LogP contribution in [-0.2, 0) is 6.18 Å². The second-order valence-corrected chi connectivity index (χ2v) is 3.67. The lowest BCUT2D eigenvalue weighted by molar-refractivity contribution is -0.137. The third kappa shape index (κ3) is 7.23. The minimum Gasteiger partial charge on any atom is -0.261 e. The van der Waals surface area contributed by atoms with E-state index in [1.54, 1.807) is 6.21 Å². The lowest BCUT2D eigenvalue weighted by atomic mass is 10.2. The van der Waals surface area contributed by atoms with Crippen LogP contribution in [0.3, 0.4) is 0 Å². The number of rotatable bonds is 2. The highest BCUT2D eigenvalue weighted by atomic mass is 35.5. The van der Waals surface area contributed by atoms with Crippen molar-refractivity contribution in [1.82, 2.24) is 0 Å². The van der Waals surface area contributed by atoms with Crippen molar-refractivity contribution in [3.63, 3.8) is 0 Å². The van der Waals surface area contributed by atoms with Crippen molar-refractivity contribution in [2.24, 2.45) is 4.99 Å². The molecular formula is C11H12Cl2F3N. The summed E-state index contributed by atoms with van der Waals surface area (Å²) in [6.07, 6.45) is -1.85. The quantitative estimate of drug-likeness (QED) is 0.521. The average molecular weight is 286 g/mol. The van der Waals surface area contributed by atoms with Gasteiger partial charge in [0.2, 0.25) is 0 Å². The van der Waals surface area contributed by atoms with Crippen molar-refractivity contribution in [3.8, 4) is 0 Å². The molecule has 1 nitrogen and oxygen atoms in total. The maximum absolute atomic E-state index is 12.1. The molecule has 0 unspecified atom stereocenters. The van der Waals surface area contributed by atoms with E-state index in [1.165, 1.54) is 12.1 Å². The molecule has 0 N–H and O–H groups in total. The molecule has 96 valence electrons. The fourth-order valence-corrected chi connectivity index (χ4v) is 0.933. The minimum absolute atomic E-state index is 0.194. The summed E-state index contributed by atoms with van der Waals surface area (Å²) in [4.78, 5) is 3.96. The van der Waals surface area contributed by atoms with E-state index in [2.05, 4.69) is 4.99 Å². The summed E-state index contributed by atoms with van der Waals surface area (Å²) in [6.45, 7) is 1.91. The zero-order valence-corrected chi connectivity index (χ0v) is 10.6. The van der Waals surface area contributed by atoms with Crippen LogP contribution in [0.2, 0.25) is 0 Å². The highest BCUT2D eigenvalue weighted by Gasteiger charge is 2.29. The van der Waals surface area contributed by atoms with Crippen LogP contribution in [0, 0.1) is 0 Å². The fraction of sp³-hybridized carbons (Fsp3) is 0.364. The molecule has 0 fully saturated rings. The molecule has 0 aliphatic rings. The van der Waals surface area contributed by atoms with Crippen LogP contribution < -0.4 is 0 Å². The van der Waals surface area contributed by atoms with Crippen LogP contribution in [0.4, 0.5) is 18.9 Å². The summed E-state index contributed by atoms with van der Waals surface area (Å²) >= 11 is 9.53. The topological polar surface area (TPSA) is 12.4 Å². The maximum atomic E-state index is 12.1. The van der Waals surface area contributed by atoms with E-state index in [1.807, 2.05) is 6.92 Å². The van der Waals surface area contributed by atoms with Gasteiger partial charge in [0.05, 0.1) is 16.6 Å². The molecule has 6 heteroatoms. The third-order valence-electron chi connectivity index (χ3n) is 1.62. The Bertz CT molecular complexity index is 334. The molecule has 1 aromatic rings. The second kappa shape index (κ2) is 8.37. The summed E-state index contributed by atoms with van der Waals surface area (Å²) in [7, 11) is 0. The first-order valence-electron chi connectivity index (χ1n) is 4.77. The largest absolute Gasteiger partial charge is 0.416 e. The number of hydrogen-bond donors (Lipinski definition) is 0. The van der Waals surface area contributed by atoms with E-state index in [0.29, 0.717) is 5.69 Å². The average Bonchev–Trinajstić information content (AvgIpc) is 2.27. The standard InChI is InChI=1S/C10H10F3N.CH2Cl2/c1-2-7-14-9-5-3-8(4-6-9)10(11,12)13;2-1-3/h3-7H,2H2,1H3;1H2. The number of halogens is 5. The molecule has 0 saturated heterocycles. The van der Waals surface area contributed by atoms with E-state index >= 15 is 0 Å². The normalized spacial score (nSPS) is 11.2. The summed E-state index contributed by atoms with van der Waals surface area (Å²) < 4.78 is 36.4. The van der Waals surface area contributed by atoms with E-state index in [-0.39, 0.29) is 5.34 Å². The number of nitrogens with zero attached hydrogens (tertiary/aromatic N) is 1. The Kier molecular flexibility index (Phi) is 8.00. The van der Waals surface area contributed by atoms with Crippen molar-refractivity contribution in [2.45, 2.75) is 19.5 Å². The predicted molar refractivity (Wildman–Crippen MR) is 66.5 cm³/mol. The Morgan fingerprint density at radius 1 is 1.18 bits per heavy atom. The van der Waals surface area contributed by atoms with E-state index in [9.17, 15) is 13.2 Å². The second-order valence-electron chi connectivity index (χ2n) is 2.87. The lowest BCUT2D eigenvalue weighted by Gasteiger charge is -2.05. The first-order chi connectivity index (χ1) is 7.95. The van der Waals surface area contributed by atoms with Crippen molar-refractivity contribution in [3.05, 3.63) is 29.8 Å². The molecule has 0 bridgehead atoms. The Labute approximate surface area is 108 Å². The number of hydrogen-bond acceptors (Lipinski definition) is 1. The summed E-state index contributed by atoms with van der Waals surface area (Å²) in [5.74, 6) is 0. The van der Waals surface area contributed by atoms with Crippen LogP contribution in [0.15, 0.2) is 29.3 Å². The minimum atomic E-state index is -4.27. The lowest BCUT2D eigenvalue weighted by Crippen LogP contribution is -2.03. The Balaban J connectivity index is 0.000000770. The molecule has 0 atom stereocenters. The van der Waals surface area contributed by atoms with Gasteiger partial charge in [0.15, 0.2) is 0 Å². The van der Waals surface area contributed by atoms with Gasteiger partial charge in [0, 0.05) is 6.21 Å². The van der Waals surface area contributed by atoms with Crippen molar-refractivity contribution >= 4 is 35.1 Å². The Morgan fingerprint density at radius 2 is 1.65 bits per heavy atom. The number of aliphatic imine (C=N–C) groups is 1. The highest BCUT2D eigenvalue weighted by molar-refractivity contribution is 6.40. The van der Waals surface area contributed by atoms with Gasteiger partial charge < -0.3 is 0 Å². The molecule has 1 rings (SSSR count). The molecule has 0 amide bonds. The van der Waals surface area contributed by atoms with Gasteiger partial charge in [0.1, 0.15) is 0 Å². The number of alkyl halides is 5. The van der Waals surface area contributed by atoms with Crippen LogP contribution in [0.1, 0.15) is 18.9 Å². The fourth-order valence-electron chi connectivity index (χ4n) is 0.933. The zero-order valence-electron chi connectivity index (χ0n) is 9.14. The molecule has 0 heterocycles. The molecule has 17 heavy (non-hydrogen) atoms. The molecule has 0 aliphatic heterocycles. The maximum Gasteiger partial charge on any atom is 0.416 e. The van der Waals surface area contributed by atoms with Gasteiger partial charge in [-0.15, -0.1) is 23.2 Å². The van der Waals surface area contributed by atoms with E-state index in [0.717, 1.165) is 18.6 Å². The SMILES string of the molecule is CCC=Nc1ccc(C(F)(F)F)cc1.ClCCl. The molecule has 0 saturated carbocycles. The van der Waals surface area contributed by atoms with Crippen LogP contribution >= 0.6 is 23.2 Å². The van der Waals surface area contributed by atoms with Gasteiger partial charge >= 0.3 is 6.18 Å². The molecular weight excluding hydrogens is 274 g/mol. The van der Waals surface area contributed by atoms with Gasteiger partial charge in [0.25, 0.3) is 0 Å². The molecule has 1 aromatic carbocycles. The van der Waals surface area contributed by atoms with Gasteiger partial charge in [-0.05, 0) is 30.7 Å². The van der Waals surface area contributed by atoms with Gasteiger partial charge in [-0.25, -0.2) is 0 Å². The molecule has 0 radical (unpaired) electrons. The first kappa shape index (κ1) is 16.3. The monoisotopic (exact) mass is 285 g/mol. The molecule has 0 spiro atoms. The Hall–Kier alpha value is -0.740. The summed E-state index contributed by atoms with van der Waals surface area (Å²) in [5.41, 5.74) is -0.104. The summed E-state index contributed by atoms with van der Waals surface area (Å²) in [5, 5.41) is 0.194. The van der Waals surface area contributed by atoms with Gasteiger partial charge in [-0.1, -0.05) is 6.92 Å². The number of benzene rings is 1. The van der Waals surface area contributed by atoms with Crippen molar-refractivity contribution in [1.29, 1.82) is 0 Å². The third-order valence-corrected chi connectivity index (χ3v) is 1.62. The van der Waals surface area contributed by atoms with Crippen LogP contribution in [0.5, 0.6) is 0 Å².